The van der Waals surface area contributed by atoms with Gasteiger partial charge in [-0.2, -0.15) is 0 Å². The van der Waals surface area contributed by atoms with Gasteiger partial charge >= 0.3 is 6.09 Å². The van der Waals surface area contributed by atoms with Gasteiger partial charge in [0.1, 0.15) is 5.60 Å². The summed E-state index contributed by atoms with van der Waals surface area (Å²) in [7, 11) is 0. The third-order valence-electron chi connectivity index (χ3n) is 1.55. The molecule has 1 aliphatic rings. The minimum Gasteiger partial charge on any atom is -0.443 e. The van der Waals surface area contributed by atoms with E-state index in [-0.39, 0.29) is 24.5 Å². The number of hydrogen-bond donors (Lipinski definition) is 1. The van der Waals surface area contributed by atoms with Gasteiger partial charge in [0.2, 0.25) is 0 Å². The average molecular weight is 253 g/mol. The summed E-state index contributed by atoms with van der Waals surface area (Å²) in [5, 5.41) is 0.642. The molecule has 0 saturated carbocycles. The normalized spacial score (nSPS) is 20.7. The van der Waals surface area contributed by atoms with Gasteiger partial charge in [-0.3, -0.25) is 0 Å². The molecule has 0 saturated heterocycles. The molecule has 0 bridgehead atoms. The minimum absolute atomic E-state index is 0. The molecule has 1 aliphatic heterocycles. The highest BCUT2D eigenvalue weighted by Gasteiger charge is 2.30. The van der Waals surface area contributed by atoms with Crippen molar-refractivity contribution in [2.75, 3.05) is 0 Å². The molecule has 0 radical (unpaired) electrons. The van der Waals surface area contributed by atoms with Crippen molar-refractivity contribution in [2.45, 2.75) is 39.3 Å². The zero-order valence-corrected chi connectivity index (χ0v) is 10.9. The quantitative estimate of drug-likeness (QED) is 0.673. The Morgan fingerprint density at radius 3 is 2.47 bits per heavy atom. The van der Waals surface area contributed by atoms with Gasteiger partial charge in [-0.25, -0.2) is 9.10 Å². The second kappa shape index (κ2) is 4.99. The molecule has 0 aromatic rings. The number of nitrogens with two attached hydrogens (primary N) is 1. The molecule has 0 spiro atoms. The van der Waals surface area contributed by atoms with Crippen molar-refractivity contribution >= 4 is 30.4 Å². The lowest BCUT2D eigenvalue weighted by Crippen LogP contribution is -2.35. The van der Waals surface area contributed by atoms with E-state index in [2.05, 4.69) is 0 Å². The first kappa shape index (κ1) is 14.5. The molecule has 4 nitrogen and oxygen atoms in total. The lowest BCUT2D eigenvalue weighted by molar-refractivity contribution is 0.0389. The van der Waals surface area contributed by atoms with Crippen molar-refractivity contribution < 1.29 is 9.53 Å². The highest BCUT2D eigenvalue weighted by Crippen LogP contribution is 2.30. The van der Waals surface area contributed by atoms with Gasteiger partial charge < -0.3 is 10.5 Å². The van der Waals surface area contributed by atoms with Crippen LogP contribution in [0.5, 0.6) is 0 Å². The number of halogens is 1. The highest BCUT2D eigenvalue weighted by atomic mass is 35.5. The monoisotopic (exact) mass is 252 g/mol. The van der Waals surface area contributed by atoms with Crippen LogP contribution in [0.15, 0.2) is 11.1 Å². The molecule has 1 rings (SSSR count). The average Bonchev–Trinajstić information content (AvgIpc) is 2.26. The SMILES string of the molecule is CC1C=C(N)SN1C(=O)OC(C)(C)C.Cl. The van der Waals surface area contributed by atoms with Gasteiger partial charge in [-0.05, 0) is 33.8 Å². The van der Waals surface area contributed by atoms with E-state index in [1.807, 2.05) is 33.8 Å². The van der Waals surface area contributed by atoms with Crippen LogP contribution in [0.1, 0.15) is 27.7 Å². The Bertz CT molecular complexity index is 276. The molecule has 6 heteroatoms. The van der Waals surface area contributed by atoms with Crippen molar-refractivity contribution in [3.05, 3.63) is 11.1 Å². The topological polar surface area (TPSA) is 55.6 Å². The Balaban J connectivity index is 0.00000196. The molecular weight excluding hydrogens is 236 g/mol. The minimum atomic E-state index is -0.464. The number of hydrogen-bond acceptors (Lipinski definition) is 4. The van der Waals surface area contributed by atoms with Crippen LogP contribution in [0.4, 0.5) is 4.79 Å². The fraction of sp³-hybridized carbons (Fsp3) is 0.667. The molecule has 1 unspecified atom stereocenters. The molecule has 1 atom stereocenters. The molecule has 0 aliphatic carbocycles. The van der Waals surface area contributed by atoms with Crippen molar-refractivity contribution in [1.29, 1.82) is 0 Å². The van der Waals surface area contributed by atoms with E-state index in [0.29, 0.717) is 5.03 Å². The van der Waals surface area contributed by atoms with Crippen molar-refractivity contribution in [3.63, 3.8) is 0 Å². The first-order chi connectivity index (χ1) is 6.29. The first-order valence-electron chi connectivity index (χ1n) is 4.47. The third-order valence-corrected chi connectivity index (χ3v) is 2.58. The van der Waals surface area contributed by atoms with E-state index in [9.17, 15) is 4.79 Å². The predicted octanol–water partition coefficient (Wildman–Crippen LogP) is 2.50. The molecule has 1 heterocycles. The standard InChI is InChI=1S/C9H16N2O2S.ClH/c1-6-5-7(10)14-11(6)8(12)13-9(2,3)4;/h5-6H,10H2,1-4H3;1H. The van der Waals surface area contributed by atoms with Crippen LogP contribution in [0.25, 0.3) is 0 Å². The van der Waals surface area contributed by atoms with Crippen LogP contribution >= 0.6 is 24.4 Å². The zero-order chi connectivity index (χ0) is 10.9. The number of rotatable bonds is 0. The molecule has 2 N–H and O–H groups in total. The summed E-state index contributed by atoms with van der Waals surface area (Å²) in [6.07, 6.45) is 1.49. The maximum atomic E-state index is 11.6. The number of ether oxygens (including phenoxy) is 1. The summed E-state index contributed by atoms with van der Waals surface area (Å²) in [6.45, 7) is 7.42. The fourth-order valence-electron chi connectivity index (χ4n) is 1.04. The van der Waals surface area contributed by atoms with E-state index >= 15 is 0 Å². The van der Waals surface area contributed by atoms with Crippen LogP contribution < -0.4 is 5.73 Å². The largest absolute Gasteiger partial charge is 0.443 e. The van der Waals surface area contributed by atoms with Crippen LogP contribution in [-0.2, 0) is 4.74 Å². The molecule has 88 valence electrons. The zero-order valence-electron chi connectivity index (χ0n) is 9.31. The first-order valence-corrected chi connectivity index (χ1v) is 5.24. The van der Waals surface area contributed by atoms with Gasteiger partial charge in [0.15, 0.2) is 0 Å². The van der Waals surface area contributed by atoms with E-state index in [1.165, 1.54) is 16.3 Å². The Kier molecular flexibility index (Phi) is 4.80. The number of amides is 1. The van der Waals surface area contributed by atoms with Crippen LogP contribution in [0.3, 0.4) is 0 Å². The van der Waals surface area contributed by atoms with Gasteiger partial charge in [0, 0.05) is 11.9 Å². The van der Waals surface area contributed by atoms with Gasteiger partial charge in [-0.1, -0.05) is 0 Å². The Labute approximate surface area is 101 Å². The lowest BCUT2D eigenvalue weighted by atomic mass is 10.2. The summed E-state index contributed by atoms with van der Waals surface area (Å²) in [6, 6.07) is -0.00477. The second-order valence-corrected chi connectivity index (χ2v) is 5.25. The second-order valence-electron chi connectivity index (χ2n) is 4.21. The predicted molar refractivity (Wildman–Crippen MR) is 64.6 cm³/mol. The van der Waals surface area contributed by atoms with Crippen LogP contribution in [0, 0.1) is 0 Å². The molecule has 0 aromatic heterocycles. The third kappa shape index (κ3) is 4.22. The molecular formula is C9H17ClN2O2S. The summed E-state index contributed by atoms with van der Waals surface area (Å²) >= 11 is 1.22. The van der Waals surface area contributed by atoms with Gasteiger partial charge in [0.25, 0.3) is 0 Å². The van der Waals surface area contributed by atoms with Gasteiger partial charge in [0.05, 0.1) is 11.1 Å². The summed E-state index contributed by atoms with van der Waals surface area (Å²) in [4.78, 5) is 11.6. The summed E-state index contributed by atoms with van der Waals surface area (Å²) in [5.41, 5.74) is 5.13. The fourth-order valence-corrected chi connectivity index (χ4v) is 1.87. The van der Waals surface area contributed by atoms with Crippen LogP contribution in [-0.4, -0.2) is 22.0 Å². The summed E-state index contributed by atoms with van der Waals surface area (Å²) in [5.74, 6) is 0. The van der Waals surface area contributed by atoms with Crippen LogP contribution in [0.2, 0.25) is 0 Å². The molecule has 0 fully saturated rings. The van der Waals surface area contributed by atoms with Crippen molar-refractivity contribution in [1.82, 2.24) is 4.31 Å². The van der Waals surface area contributed by atoms with Crippen molar-refractivity contribution in [2.24, 2.45) is 5.73 Å². The molecule has 1 amide bonds. The Morgan fingerprint density at radius 2 is 2.13 bits per heavy atom. The maximum Gasteiger partial charge on any atom is 0.421 e. The van der Waals surface area contributed by atoms with E-state index < -0.39 is 5.60 Å². The van der Waals surface area contributed by atoms with Gasteiger partial charge in [-0.15, -0.1) is 12.4 Å². The molecule has 0 aromatic carbocycles. The summed E-state index contributed by atoms with van der Waals surface area (Å²) < 4.78 is 6.75. The van der Waals surface area contributed by atoms with E-state index in [0.717, 1.165) is 0 Å². The smallest absolute Gasteiger partial charge is 0.421 e. The molecule has 15 heavy (non-hydrogen) atoms. The number of carbonyl (C=O) groups excluding carboxylic acids is 1. The number of nitrogens with zero attached hydrogens (tertiary/aromatic N) is 1. The highest BCUT2D eigenvalue weighted by molar-refractivity contribution is 8.01. The Morgan fingerprint density at radius 1 is 1.60 bits per heavy atom. The van der Waals surface area contributed by atoms with Crippen molar-refractivity contribution in [3.8, 4) is 0 Å². The van der Waals surface area contributed by atoms with E-state index in [4.69, 9.17) is 10.5 Å². The lowest BCUT2D eigenvalue weighted by Gasteiger charge is -2.25. The van der Waals surface area contributed by atoms with E-state index in [1.54, 1.807) is 0 Å². The Hall–Kier alpha value is -0.550. The number of carbonyl (C=O) groups is 1. The maximum absolute atomic E-state index is 11.6.